The Labute approximate surface area is 133 Å². The van der Waals surface area contributed by atoms with Gasteiger partial charge in [-0.15, -0.1) is 0 Å². The number of carbonyl (C=O) groups is 1. The van der Waals surface area contributed by atoms with Gasteiger partial charge in [-0.1, -0.05) is 0 Å². The van der Waals surface area contributed by atoms with Crippen LogP contribution in [0, 0.1) is 17.1 Å². The molecule has 1 fully saturated rings. The number of aromatic nitrogens is 1. The van der Waals surface area contributed by atoms with Crippen molar-refractivity contribution in [2.75, 3.05) is 13.1 Å². The van der Waals surface area contributed by atoms with Crippen LogP contribution in [-0.4, -0.2) is 34.3 Å². The Bertz CT molecular complexity index is 808. The van der Waals surface area contributed by atoms with E-state index in [-0.39, 0.29) is 18.0 Å². The van der Waals surface area contributed by atoms with E-state index in [0.717, 1.165) is 5.52 Å². The van der Waals surface area contributed by atoms with Crippen LogP contribution in [0.15, 0.2) is 24.4 Å². The van der Waals surface area contributed by atoms with Crippen LogP contribution in [0.1, 0.15) is 32.4 Å². The molecule has 0 bridgehead atoms. The summed E-state index contributed by atoms with van der Waals surface area (Å²) in [6.45, 7) is 6.52. The average Bonchev–Trinajstić information content (AvgIpc) is 2.73. The Morgan fingerprint density at radius 1 is 1.39 bits per heavy atom. The summed E-state index contributed by atoms with van der Waals surface area (Å²) in [5.74, 6) is -0.365. The van der Waals surface area contributed by atoms with Crippen LogP contribution < -0.4 is 0 Å². The van der Waals surface area contributed by atoms with Crippen molar-refractivity contribution >= 4 is 17.0 Å². The summed E-state index contributed by atoms with van der Waals surface area (Å²) in [6, 6.07) is 6.58. The first-order chi connectivity index (χ1) is 10.8. The molecule has 6 heteroatoms. The zero-order valence-electron chi connectivity index (χ0n) is 13.3. The highest BCUT2D eigenvalue weighted by atomic mass is 19.1. The maximum atomic E-state index is 13.4. The van der Waals surface area contributed by atoms with Crippen molar-refractivity contribution in [2.45, 2.75) is 32.4 Å². The van der Waals surface area contributed by atoms with Crippen molar-refractivity contribution in [2.24, 2.45) is 0 Å². The SMILES string of the molecule is CC(C)(C)OC(=O)N1CC(n2cc(C#N)c3cc(F)ccc32)C1. The second-order valence-corrected chi connectivity index (χ2v) is 6.76. The standard InChI is InChI=1S/C17H18FN3O2/c1-17(2,3)23-16(22)20-9-13(10-20)21-8-11(7-19)14-6-12(18)4-5-15(14)21/h4-6,8,13H,9-10H2,1-3H3. The summed E-state index contributed by atoms with van der Waals surface area (Å²) in [4.78, 5) is 13.6. The number of rotatable bonds is 1. The second-order valence-electron chi connectivity index (χ2n) is 6.76. The number of hydrogen-bond donors (Lipinski definition) is 0. The molecule has 2 aromatic rings. The van der Waals surface area contributed by atoms with Crippen LogP contribution >= 0.6 is 0 Å². The first kappa shape index (κ1) is 15.3. The first-order valence-electron chi connectivity index (χ1n) is 7.46. The molecule has 1 aromatic carbocycles. The van der Waals surface area contributed by atoms with Crippen LogP contribution in [0.2, 0.25) is 0 Å². The van der Waals surface area contributed by atoms with Gasteiger partial charge in [0.2, 0.25) is 0 Å². The van der Waals surface area contributed by atoms with Crippen molar-refractivity contribution < 1.29 is 13.9 Å². The Kier molecular flexibility index (Phi) is 3.52. The molecule has 0 N–H and O–H groups in total. The van der Waals surface area contributed by atoms with Crippen LogP contribution in [0.4, 0.5) is 9.18 Å². The lowest BCUT2D eigenvalue weighted by Gasteiger charge is -2.40. The first-order valence-corrected chi connectivity index (χ1v) is 7.46. The minimum Gasteiger partial charge on any atom is -0.444 e. The van der Waals surface area contributed by atoms with Crippen LogP contribution in [0.5, 0.6) is 0 Å². The Morgan fingerprint density at radius 2 is 2.09 bits per heavy atom. The molecule has 0 saturated carbocycles. The lowest BCUT2D eigenvalue weighted by molar-refractivity contribution is 0.00158. The van der Waals surface area contributed by atoms with Gasteiger partial charge >= 0.3 is 6.09 Å². The molecule has 23 heavy (non-hydrogen) atoms. The normalized spacial score (nSPS) is 15.3. The number of benzene rings is 1. The lowest BCUT2D eigenvalue weighted by atomic mass is 10.1. The topological polar surface area (TPSA) is 58.3 Å². The van der Waals surface area contributed by atoms with Gasteiger partial charge in [-0.05, 0) is 39.0 Å². The molecule has 1 aromatic heterocycles. The quantitative estimate of drug-likeness (QED) is 0.810. The summed E-state index contributed by atoms with van der Waals surface area (Å²) in [5.41, 5.74) is 0.723. The molecule has 120 valence electrons. The molecule has 1 amide bonds. The monoisotopic (exact) mass is 315 g/mol. The van der Waals surface area contributed by atoms with E-state index in [1.807, 2.05) is 25.3 Å². The van der Waals surface area contributed by atoms with Crippen molar-refractivity contribution in [1.82, 2.24) is 9.47 Å². The summed E-state index contributed by atoms with van der Waals surface area (Å²) in [6.07, 6.45) is 1.39. The van der Waals surface area contributed by atoms with Crippen LogP contribution in [0.3, 0.4) is 0 Å². The van der Waals surface area contributed by atoms with Crippen LogP contribution in [0.25, 0.3) is 10.9 Å². The van der Waals surface area contributed by atoms with Gasteiger partial charge in [0.15, 0.2) is 0 Å². The van der Waals surface area contributed by atoms with E-state index in [0.29, 0.717) is 24.0 Å². The van der Waals surface area contributed by atoms with Gasteiger partial charge in [0.25, 0.3) is 0 Å². The fourth-order valence-electron chi connectivity index (χ4n) is 2.73. The smallest absolute Gasteiger partial charge is 0.410 e. The van der Waals surface area contributed by atoms with Crippen molar-refractivity contribution in [3.63, 3.8) is 0 Å². The fraction of sp³-hybridized carbons (Fsp3) is 0.412. The number of halogens is 1. The zero-order chi connectivity index (χ0) is 16.8. The highest BCUT2D eigenvalue weighted by Crippen LogP contribution is 2.30. The van der Waals surface area contributed by atoms with Crippen molar-refractivity contribution in [1.29, 1.82) is 5.26 Å². The molecular formula is C17H18FN3O2. The molecule has 0 atom stereocenters. The molecule has 3 rings (SSSR count). The predicted molar refractivity (Wildman–Crippen MR) is 83.5 cm³/mol. The molecule has 0 aliphatic carbocycles. The number of nitrogens with zero attached hydrogens (tertiary/aromatic N) is 3. The van der Waals surface area contributed by atoms with Gasteiger partial charge in [0.1, 0.15) is 17.5 Å². The molecule has 2 heterocycles. The minimum atomic E-state index is -0.520. The predicted octanol–water partition coefficient (Wildman–Crippen LogP) is 3.44. The molecule has 5 nitrogen and oxygen atoms in total. The summed E-state index contributed by atoms with van der Waals surface area (Å²) in [7, 11) is 0. The number of amides is 1. The molecular weight excluding hydrogens is 297 g/mol. The third kappa shape index (κ3) is 2.87. The van der Waals surface area contributed by atoms with E-state index in [9.17, 15) is 14.4 Å². The largest absolute Gasteiger partial charge is 0.444 e. The number of hydrogen-bond acceptors (Lipinski definition) is 3. The highest BCUT2D eigenvalue weighted by Gasteiger charge is 2.35. The third-order valence-electron chi connectivity index (χ3n) is 3.82. The molecule has 1 aliphatic rings. The van der Waals surface area contributed by atoms with E-state index in [2.05, 4.69) is 6.07 Å². The molecule has 0 radical (unpaired) electrons. The maximum absolute atomic E-state index is 13.4. The van der Waals surface area contributed by atoms with Gasteiger partial charge in [-0.25, -0.2) is 9.18 Å². The molecule has 1 aliphatic heterocycles. The van der Waals surface area contributed by atoms with Gasteiger partial charge in [-0.3, -0.25) is 0 Å². The number of fused-ring (bicyclic) bond motifs is 1. The van der Waals surface area contributed by atoms with Gasteiger partial charge in [0.05, 0.1) is 11.6 Å². The van der Waals surface area contributed by atoms with Crippen molar-refractivity contribution in [3.8, 4) is 6.07 Å². The maximum Gasteiger partial charge on any atom is 0.410 e. The lowest BCUT2D eigenvalue weighted by Crippen LogP contribution is -2.52. The fourth-order valence-corrected chi connectivity index (χ4v) is 2.73. The third-order valence-corrected chi connectivity index (χ3v) is 3.82. The Morgan fingerprint density at radius 3 is 2.70 bits per heavy atom. The number of carbonyl (C=O) groups excluding carboxylic acids is 1. The molecule has 0 spiro atoms. The van der Waals surface area contributed by atoms with Gasteiger partial charge in [-0.2, -0.15) is 5.26 Å². The van der Waals surface area contributed by atoms with E-state index in [4.69, 9.17) is 4.74 Å². The second kappa shape index (κ2) is 5.27. The Balaban J connectivity index is 1.79. The minimum absolute atomic E-state index is 0.0672. The van der Waals surface area contributed by atoms with Gasteiger partial charge in [0, 0.05) is 30.2 Å². The number of nitriles is 1. The average molecular weight is 315 g/mol. The Hall–Kier alpha value is -2.55. The molecule has 1 saturated heterocycles. The van der Waals surface area contributed by atoms with E-state index in [1.54, 1.807) is 17.2 Å². The van der Waals surface area contributed by atoms with Crippen molar-refractivity contribution in [3.05, 3.63) is 35.8 Å². The summed E-state index contributed by atoms with van der Waals surface area (Å²) < 4.78 is 20.7. The zero-order valence-corrected chi connectivity index (χ0v) is 13.3. The number of likely N-dealkylation sites (tertiary alicyclic amines) is 1. The summed E-state index contributed by atoms with van der Waals surface area (Å²) in [5, 5.41) is 9.81. The number of ether oxygens (including phenoxy) is 1. The van der Waals surface area contributed by atoms with E-state index < -0.39 is 5.60 Å². The molecule has 0 unspecified atom stereocenters. The van der Waals surface area contributed by atoms with Crippen LogP contribution in [-0.2, 0) is 4.74 Å². The van der Waals surface area contributed by atoms with E-state index in [1.165, 1.54) is 12.1 Å². The highest BCUT2D eigenvalue weighted by molar-refractivity contribution is 5.86. The van der Waals surface area contributed by atoms with E-state index >= 15 is 0 Å². The van der Waals surface area contributed by atoms with Gasteiger partial charge < -0.3 is 14.2 Å². The summed E-state index contributed by atoms with van der Waals surface area (Å²) >= 11 is 0.